The Morgan fingerprint density at radius 3 is 2.67 bits per heavy atom. The van der Waals surface area contributed by atoms with Crippen LogP contribution in [-0.4, -0.2) is 80.1 Å². The molecule has 1 aromatic carbocycles. The quantitative estimate of drug-likeness (QED) is 0.498. The number of nitrogens with one attached hydrogen (secondary N) is 2. The molecule has 42 heavy (non-hydrogen) atoms. The van der Waals surface area contributed by atoms with Gasteiger partial charge in [0.15, 0.2) is 18.1 Å². The Kier molecular flexibility index (Phi) is 10.7. The Morgan fingerprint density at radius 2 is 1.95 bits per heavy atom. The van der Waals surface area contributed by atoms with Crippen LogP contribution in [0.2, 0.25) is 0 Å². The first-order valence-corrected chi connectivity index (χ1v) is 14.5. The normalized spacial score (nSPS) is 20.7. The molecule has 1 aliphatic carbocycles. The topological polar surface area (TPSA) is 136 Å². The minimum absolute atomic E-state index is 0.127. The van der Waals surface area contributed by atoms with Crippen molar-refractivity contribution in [3.63, 3.8) is 0 Å². The molecular weight excluding hydrogens is 540 g/mol. The lowest BCUT2D eigenvalue weighted by Crippen LogP contribution is -2.46. The van der Waals surface area contributed by atoms with E-state index in [0.29, 0.717) is 43.2 Å². The van der Waals surface area contributed by atoms with Crippen LogP contribution < -0.4 is 20.1 Å². The Morgan fingerprint density at radius 1 is 1.12 bits per heavy atom. The van der Waals surface area contributed by atoms with Gasteiger partial charge in [0.1, 0.15) is 5.69 Å². The minimum Gasteiger partial charge on any atom is -0.493 e. The van der Waals surface area contributed by atoms with Crippen molar-refractivity contribution in [2.75, 3.05) is 46.5 Å². The highest BCUT2D eigenvalue weighted by Gasteiger charge is 2.44. The average molecular weight is 581 g/mol. The standard InChI is InChI=1S/C31H40N4O7/c1-3-41-30(39)31(18-22-9-10-22)19-23-11-12-25(40-2)26(17-23)42-20-28(37)33-14-16-35(15-6-8-27(36)34-21-31)29(38)24-7-4-5-13-32-24/h4-5,7,11-13,17,22H,3,6,8-10,14-16,18-21H2,1-2H3,(H,33,37)(H,34,36). The van der Waals surface area contributed by atoms with Crippen LogP contribution in [0.1, 0.15) is 55.1 Å². The monoisotopic (exact) mass is 580 g/mol. The third kappa shape index (κ3) is 8.43. The van der Waals surface area contributed by atoms with E-state index in [-0.39, 0.29) is 68.7 Å². The Labute approximate surface area is 246 Å². The fourth-order valence-electron chi connectivity index (χ4n) is 5.21. The highest BCUT2D eigenvalue weighted by Crippen LogP contribution is 2.43. The first-order chi connectivity index (χ1) is 20.3. The van der Waals surface area contributed by atoms with Gasteiger partial charge in [0.2, 0.25) is 5.91 Å². The largest absolute Gasteiger partial charge is 0.493 e. The number of benzene rings is 1. The van der Waals surface area contributed by atoms with Gasteiger partial charge in [0.25, 0.3) is 11.8 Å². The molecular formula is C31H40N4O7. The van der Waals surface area contributed by atoms with E-state index in [1.807, 2.05) is 6.07 Å². The second-order valence-corrected chi connectivity index (χ2v) is 10.8. The molecule has 2 N–H and O–H groups in total. The van der Waals surface area contributed by atoms with Gasteiger partial charge in [-0.2, -0.15) is 0 Å². The maximum Gasteiger partial charge on any atom is 0.314 e. The molecule has 11 nitrogen and oxygen atoms in total. The zero-order chi connectivity index (χ0) is 30.0. The highest BCUT2D eigenvalue weighted by atomic mass is 16.5. The number of carbonyl (C=O) groups excluding carboxylic acids is 4. The molecule has 1 unspecified atom stereocenters. The van der Waals surface area contributed by atoms with Crippen LogP contribution in [-0.2, 0) is 25.5 Å². The molecule has 1 atom stereocenters. The zero-order valence-corrected chi connectivity index (χ0v) is 24.4. The third-order valence-corrected chi connectivity index (χ3v) is 7.55. The van der Waals surface area contributed by atoms with E-state index >= 15 is 0 Å². The van der Waals surface area contributed by atoms with Crippen LogP contribution in [0.3, 0.4) is 0 Å². The molecule has 1 saturated carbocycles. The second kappa shape index (κ2) is 14.7. The number of methoxy groups -OCH3 is 1. The summed E-state index contributed by atoms with van der Waals surface area (Å²) in [5, 5.41) is 5.78. The number of hydrogen-bond donors (Lipinski definition) is 2. The van der Waals surface area contributed by atoms with Gasteiger partial charge in [-0.3, -0.25) is 24.2 Å². The van der Waals surface area contributed by atoms with Crippen molar-refractivity contribution in [2.45, 2.75) is 45.4 Å². The number of carbonyl (C=O) groups is 4. The van der Waals surface area contributed by atoms with E-state index in [1.54, 1.807) is 48.4 Å². The van der Waals surface area contributed by atoms with Gasteiger partial charge in [-0.25, -0.2) is 0 Å². The molecule has 2 aliphatic rings. The fourth-order valence-corrected chi connectivity index (χ4v) is 5.21. The molecule has 0 spiro atoms. The summed E-state index contributed by atoms with van der Waals surface area (Å²) in [6.45, 7) is 2.60. The first kappa shape index (κ1) is 30.8. The van der Waals surface area contributed by atoms with Crippen molar-refractivity contribution in [1.29, 1.82) is 0 Å². The summed E-state index contributed by atoms with van der Waals surface area (Å²) in [7, 11) is 1.51. The van der Waals surface area contributed by atoms with E-state index in [1.165, 1.54) is 7.11 Å². The molecule has 3 amide bonds. The van der Waals surface area contributed by atoms with E-state index in [0.717, 1.165) is 18.4 Å². The van der Waals surface area contributed by atoms with Crippen molar-refractivity contribution < 1.29 is 33.4 Å². The summed E-state index contributed by atoms with van der Waals surface area (Å²) >= 11 is 0. The average Bonchev–Trinajstić information content (AvgIpc) is 3.81. The van der Waals surface area contributed by atoms with E-state index in [9.17, 15) is 19.2 Å². The molecule has 1 aromatic heterocycles. The van der Waals surface area contributed by atoms with E-state index in [2.05, 4.69) is 15.6 Å². The van der Waals surface area contributed by atoms with Crippen LogP contribution in [0.15, 0.2) is 42.6 Å². The molecule has 0 radical (unpaired) electrons. The van der Waals surface area contributed by atoms with Crippen molar-refractivity contribution in [1.82, 2.24) is 20.5 Å². The SMILES string of the molecule is CCOC(=O)C1(CC2CC2)CNC(=O)CCCN(C(=O)c2ccccn2)CCNC(=O)COc2cc(ccc2OC)C1. The number of ether oxygens (including phenoxy) is 3. The van der Waals surface area contributed by atoms with Crippen LogP contribution in [0, 0.1) is 11.3 Å². The number of hydrogen-bond acceptors (Lipinski definition) is 8. The molecule has 2 heterocycles. The molecule has 1 aliphatic heterocycles. The summed E-state index contributed by atoms with van der Waals surface area (Å²) in [5.41, 5.74) is 0.117. The molecule has 0 saturated heterocycles. The van der Waals surface area contributed by atoms with E-state index < -0.39 is 5.41 Å². The summed E-state index contributed by atoms with van der Waals surface area (Å²) in [6.07, 6.45) is 5.08. The lowest BCUT2D eigenvalue weighted by molar-refractivity contribution is -0.156. The third-order valence-electron chi connectivity index (χ3n) is 7.55. The van der Waals surface area contributed by atoms with Gasteiger partial charge in [-0.1, -0.05) is 25.0 Å². The molecule has 2 bridgehead atoms. The number of amides is 3. The van der Waals surface area contributed by atoms with Crippen molar-refractivity contribution in [3.8, 4) is 11.5 Å². The minimum atomic E-state index is -0.970. The van der Waals surface area contributed by atoms with Crippen molar-refractivity contribution >= 4 is 23.7 Å². The summed E-state index contributed by atoms with van der Waals surface area (Å²) in [5.74, 6) is -0.00922. The Bertz CT molecular complexity index is 1250. The smallest absolute Gasteiger partial charge is 0.314 e. The molecule has 1 fully saturated rings. The lowest BCUT2D eigenvalue weighted by atomic mass is 9.76. The lowest BCUT2D eigenvalue weighted by Gasteiger charge is -2.32. The number of esters is 1. The second-order valence-electron chi connectivity index (χ2n) is 10.8. The summed E-state index contributed by atoms with van der Waals surface area (Å²) < 4.78 is 16.8. The van der Waals surface area contributed by atoms with Crippen LogP contribution in [0.25, 0.3) is 0 Å². The Hall–Kier alpha value is -4.15. The molecule has 11 heteroatoms. The molecule has 4 rings (SSSR count). The predicted molar refractivity (Wildman–Crippen MR) is 154 cm³/mol. The van der Waals surface area contributed by atoms with Gasteiger partial charge in [0, 0.05) is 38.8 Å². The zero-order valence-electron chi connectivity index (χ0n) is 24.4. The van der Waals surface area contributed by atoms with Crippen molar-refractivity contribution in [3.05, 3.63) is 53.9 Å². The van der Waals surface area contributed by atoms with E-state index in [4.69, 9.17) is 14.2 Å². The number of nitrogens with zero attached hydrogens (tertiary/aromatic N) is 2. The number of fused-ring (bicyclic) bond motifs is 2. The van der Waals surface area contributed by atoms with Gasteiger partial charge in [-0.05, 0) is 61.9 Å². The summed E-state index contributed by atoms with van der Waals surface area (Å²) in [6, 6.07) is 10.5. The van der Waals surface area contributed by atoms with Crippen LogP contribution in [0.4, 0.5) is 0 Å². The van der Waals surface area contributed by atoms with Crippen LogP contribution >= 0.6 is 0 Å². The molecule has 226 valence electrons. The number of aromatic nitrogens is 1. The summed E-state index contributed by atoms with van der Waals surface area (Å²) in [4.78, 5) is 58.0. The fraction of sp³-hybridized carbons (Fsp3) is 0.516. The predicted octanol–water partition coefficient (Wildman–Crippen LogP) is 2.53. The Balaban J connectivity index is 1.60. The van der Waals surface area contributed by atoms with Gasteiger partial charge in [-0.15, -0.1) is 0 Å². The molecule has 2 aromatic rings. The van der Waals surface area contributed by atoms with Gasteiger partial charge < -0.3 is 29.7 Å². The van der Waals surface area contributed by atoms with Crippen LogP contribution in [0.5, 0.6) is 11.5 Å². The number of rotatable bonds is 6. The number of pyridine rings is 1. The van der Waals surface area contributed by atoms with Gasteiger partial charge in [0.05, 0.1) is 19.1 Å². The van der Waals surface area contributed by atoms with Gasteiger partial charge >= 0.3 is 5.97 Å². The maximum absolute atomic E-state index is 13.5. The highest BCUT2D eigenvalue weighted by molar-refractivity contribution is 5.92. The maximum atomic E-state index is 13.5. The first-order valence-electron chi connectivity index (χ1n) is 14.5. The van der Waals surface area contributed by atoms with Crippen molar-refractivity contribution in [2.24, 2.45) is 11.3 Å².